The molecule has 1 unspecified atom stereocenters. The van der Waals surface area contributed by atoms with Gasteiger partial charge in [-0.15, -0.1) is 0 Å². The lowest BCUT2D eigenvalue weighted by atomic mass is 10.1. The molecule has 0 aliphatic carbocycles. The minimum atomic E-state index is -4.64. The number of β-amino-alcohol motifs (C(OH)–C–C–N with tert-alkyl or cyclic N) is 1. The van der Waals surface area contributed by atoms with Crippen LogP contribution >= 0.6 is 0 Å². The fraction of sp³-hybridized carbons (Fsp3) is 0.733. The van der Waals surface area contributed by atoms with Gasteiger partial charge in [0, 0.05) is 45.0 Å². The lowest BCUT2D eigenvalue weighted by Crippen LogP contribution is -2.52. The van der Waals surface area contributed by atoms with Crippen molar-refractivity contribution in [2.45, 2.75) is 32.0 Å². The topological polar surface area (TPSA) is 61.7 Å². The van der Waals surface area contributed by atoms with Gasteiger partial charge in [0.2, 0.25) is 11.8 Å². The van der Waals surface area contributed by atoms with Crippen LogP contribution in [0.25, 0.3) is 0 Å². The Morgan fingerprint density at radius 3 is 2.67 bits per heavy atom. The largest absolute Gasteiger partial charge is 0.478 e. The standard InChI is InChI=1S/C15H23F3N4O2/c1-3-24-12-5-6-19-13(20-12)22-8-4-7-21(9-10-22)11-14(2,23)15(16,17)18/h5-6,23H,3-4,7-11H2,1-2H3. The van der Waals surface area contributed by atoms with Crippen molar-refractivity contribution in [1.82, 2.24) is 14.9 Å². The SMILES string of the molecule is CCOc1ccnc(N2CCCN(CC(C)(O)C(F)(F)F)CC2)n1. The fourth-order valence-corrected chi connectivity index (χ4v) is 2.57. The van der Waals surface area contributed by atoms with E-state index < -0.39 is 18.3 Å². The van der Waals surface area contributed by atoms with E-state index in [4.69, 9.17) is 4.74 Å². The van der Waals surface area contributed by atoms with Gasteiger partial charge in [-0.05, 0) is 20.3 Å². The molecule has 0 spiro atoms. The molecule has 1 N–H and O–H groups in total. The first-order chi connectivity index (χ1) is 11.2. The van der Waals surface area contributed by atoms with Crippen LogP contribution in [0.1, 0.15) is 20.3 Å². The summed E-state index contributed by atoms with van der Waals surface area (Å²) in [6.07, 6.45) is -2.38. The van der Waals surface area contributed by atoms with E-state index in [-0.39, 0.29) is 0 Å². The third kappa shape index (κ3) is 4.70. The molecule has 1 aromatic rings. The lowest BCUT2D eigenvalue weighted by Gasteiger charge is -2.32. The first-order valence-electron chi connectivity index (χ1n) is 7.95. The van der Waals surface area contributed by atoms with Gasteiger partial charge in [-0.1, -0.05) is 0 Å². The van der Waals surface area contributed by atoms with Crippen molar-refractivity contribution >= 4 is 5.95 Å². The van der Waals surface area contributed by atoms with Gasteiger partial charge in [-0.25, -0.2) is 4.98 Å². The molecule has 6 nitrogen and oxygen atoms in total. The zero-order valence-electron chi connectivity index (χ0n) is 13.9. The van der Waals surface area contributed by atoms with Crippen molar-refractivity contribution < 1.29 is 23.0 Å². The number of alkyl halides is 3. The summed E-state index contributed by atoms with van der Waals surface area (Å²) in [5, 5.41) is 9.65. The van der Waals surface area contributed by atoms with Crippen LogP contribution in [0.4, 0.5) is 19.1 Å². The average molecular weight is 348 g/mol. The van der Waals surface area contributed by atoms with Gasteiger partial charge >= 0.3 is 6.18 Å². The van der Waals surface area contributed by atoms with E-state index in [1.54, 1.807) is 17.2 Å². The summed E-state index contributed by atoms with van der Waals surface area (Å²) in [5.41, 5.74) is -2.71. The monoisotopic (exact) mass is 348 g/mol. The minimum absolute atomic E-state index is 0.397. The second kappa shape index (κ2) is 7.52. The molecule has 9 heteroatoms. The van der Waals surface area contributed by atoms with Crippen LogP contribution in [0, 0.1) is 0 Å². The van der Waals surface area contributed by atoms with E-state index in [1.165, 1.54) is 0 Å². The Balaban J connectivity index is 1.99. The molecule has 0 saturated carbocycles. The lowest BCUT2D eigenvalue weighted by molar-refractivity contribution is -0.257. The Hall–Kier alpha value is -1.61. The molecule has 0 bridgehead atoms. The second-order valence-electron chi connectivity index (χ2n) is 6.02. The summed E-state index contributed by atoms with van der Waals surface area (Å²) in [6, 6.07) is 1.66. The Kier molecular flexibility index (Phi) is 5.87. The summed E-state index contributed by atoms with van der Waals surface area (Å²) in [7, 11) is 0. The van der Waals surface area contributed by atoms with Crippen LogP contribution in [0.2, 0.25) is 0 Å². The predicted octanol–water partition coefficient (Wildman–Crippen LogP) is 1.70. The van der Waals surface area contributed by atoms with Gasteiger partial charge in [-0.2, -0.15) is 18.2 Å². The number of nitrogens with zero attached hydrogens (tertiary/aromatic N) is 4. The van der Waals surface area contributed by atoms with Crippen molar-refractivity contribution in [2.75, 3.05) is 44.2 Å². The van der Waals surface area contributed by atoms with Crippen molar-refractivity contribution in [1.29, 1.82) is 0 Å². The molecule has 0 radical (unpaired) electrons. The molecule has 0 aromatic carbocycles. The van der Waals surface area contributed by atoms with Crippen molar-refractivity contribution in [3.05, 3.63) is 12.3 Å². The zero-order chi connectivity index (χ0) is 17.8. The molecule has 24 heavy (non-hydrogen) atoms. The molecule has 1 saturated heterocycles. The van der Waals surface area contributed by atoms with E-state index in [0.717, 1.165) is 6.92 Å². The number of hydrogen-bond acceptors (Lipinski definition) is 6. The molecule has 1 atom stereocenters. The first kappa shape index (κ1) is 18.7. The van der Waals surface area contributed by atoms with Gasteiger partial charge in [0.15, 0.2) is 5.60 Å². The minimum Gasteiger partial charge on any atom is -0.478 e. The number of rotatable bonds is 5. The molecule has 2 rings (SSSR count). The number of halogens is 3. The highest BCUT2D eigenvalue weighted by Crippen LogP contribution is 2.31. The van der Waals surface area contributed by atoms with Gasteiger partial charge < -0.3 is 14.7 Å². The molecular weight excluding hydrogens is 325 g/mol. The highest BCUT2D eigenvalue weighted by molar-refractivity contribution is 5.32. The number of aromatic nitrogens is 2. The Morgan fingerprint density at radius 2 is 2.00 bits per heavy atom. The molecule has 136 valence electrons. The van der Waals surface area contributed by atoms with E-state index in [9.17, 15) is 18.3 Å². The summed E-state index contributed by atoms with van der Waals surface area (Å²) >= 11 is 0. The van der Waals surface area contributed by atoms with Crippen molar-refractivity contribution in [2.24, 2.45) is 0 Å². The van der Waals surface area contributed by atoms with Crippen LogP contribution < -0.4 is 9.64 Å². The summed E-state index contributed by atoms with van der Waals surface area (Å²) in [5.74, 6) is 0.981. The molecule has 1 aliphatic heterocycles. The predicted molar refractivity (Wildman–Crippen MR) is 83.1 cm³/mol. The molecule has 2 heterocycles. The van der Waals surface area contributed by atoms with Crippen molar-refractivity contribution in [3.63, 3.8) is 0 Å². The summed E-state index contributed by atoms with van der Waals surface area (Å²) < 4.78 is 43.8. The van der Waals surface area contributed by atoms with E-state index >= 15 is 0 Å². The summed E-state index contributed by atoms with van der Waals surface area (Å²) in [4.78, 5) is 12.1. The van der Waals surface area contributed by atoms with E-state index in [1.807, 2.05) is 11.8 Å². The maximum atomic E-state index is 12.8. The highest BCUT2D eigenvalue weighted by Gasteiger charge is 2.50. The molecule has 1 aliphatic rings. The number of hydrogen-bond donors (Lipinski definition) is 1. The Labute approximate surface area is 139 Å². The van der Waals surface area contributed by atoms with Gasteiger partial charge in [0.05, 0.1) is 6.61 Å². The third-order valence-electron chi connectivity index (χ3n) is 3.92. The van der Waals surface area contributed by atoms with Crippen LogP contribution in [0.15, 0.2) is 12.3 Å². The Morgan fingerprint density at radius 1 is 1.25 bits per heavy atom. The van der Waals surface area contributed by atoms with Gasteiger partial charge in [0.25, 0.3) is 0 Å². The van der Waals surface area contributed by atoms with Crippen LogP contribution in [-0.2, 0) is 0 Å². The highest BCUT2D eigenvalue weighted by atomic mass is 19.4. The number of anilines is 1. The average Bonchev–Trinajstić information content (AvgIpc) is 2.72. The molecular formula is C15H23F3N4O2. The third-order valence-corrected chi connectivity index (χ3v) is 3.92. The molecule has 1 fully saturated rings. The molecule has 1 aromatic heterocycles. The quantitative estimate of drug-likeness (QED) is 0.874. The summed E-state index contributed by atoms with van der Waals surface area (Å²) in [6.45, 7) is 4.73. The number of aliphatic hydroxyl groups is 1. The smallest absolute Gasteiger partial charge is 0.418 e. The van der Waals surface area contributed by atoms with Crippen LogP contribution in [0.3, 0.4) is 0 Å². The number of ether oxygens (including phenoxy) is 1. The zero-order valence-corrected chi connectivity index (χ0v) is 13.9. The van der Waals surface area contributed by atoms with Gasteiger partial charge in [0.1, 0.15) is 0 Å². The van der Waals surface area contributed by atoms with Crippen LogP contribution in [-0.4, -0.2) is 71.1 Å². The van der Waals surface area contributed by atoms with Crippen molar-refractivity contribution in [3.8, 4) is 5.88 Å². The van der Waals surface area contributed by atoms with Gasteiger partial charge in [-0.3, -0.25) is 4.90 Å². The second-order valence-corrected chi connectivity index (χ2v) is 6.02. The van der Waals surface area contributed by atoms with E-state index in [0.29, 0.717) is 51.0 Å². The first-order valence-corrected chi connectivity index (χ1v) is 7.95. The van der Waals surface area contributed by atoms with E-state index in [2.05, 4.69) is 9.97 Å². The maximum absolute atomic E-state index is 12.8. The fourth-order valence-electron chi connectivity index (χ4n) is 2.57. The maximum Gasteiger partial charge on any atom is 0.418 e. The Bertz CT molecular complexity index is 540. The normalized spacial score (nSPS) is 19.7. The van der Waals surface area contributed by atoms with Crippen LogP contribution in [0.5, 0.6) is 5.88 Å². The molecule has 0 amide bonds.